The van der Waals surface area contributed by atoms with E-state index in [1.54, 1.807) is 12.1 Å². The van der Waals surface area contributed by atoms with Gasteiger partial charge in [-0.3, -0.25) is 9.69 Å². The van der Waals surface area contributed by atoms with Crippen molar-refractivity contribution < 1.29 is 13.7 Å². The maximum absolute atomic E-state index is 13.3. The lowest BCUT2D eigenvalue weighted by molar-refractivity contribution is -0.121. The lowest BCUT2D eigenvalue weighted by atomic mass is 9.97. The molecule has 1 fully saturated rings. The topological polar surface area (TPSA) is 71.3 Å². The summed E-state index contributed by atoms with van der Waals surface area (Å²) in [4.78, 5) is 19.2. The molecule has 2 aromatic carbocycles. The summed E-state index contributed by atoms with van der Waals surface area (Å²) in [5.74, 6) is 0.166. The van der Waals surface area contributed by atoms with Crippen molar-refractivity contribution in [2.45, 2.75) is 19.4 Å². The van der Waals surface area contributed by atoms with Crippen molar-refractivity contribution in [1.82, 2.24) is 15.0 Å². The van der Waals surface area contributed by atoms with Crippen LogP contribution >= 0.6 is 23.2 Å². The zero-order valence-corrected chi connectivity index (χ0v) is 17.5. The molecule has 1 aromatic heterocycles. The molecule has 9 heteroatoms. The third-order valence-electron chi connectivity index (χ3n) is 4.99. The van der Waals surface area contributed by atoms with Gasteiger partial charge in [0, 0.05) is 22.8 Å². The van der Waals surface area contributed by atoms with Crippen LogP contribution in [0.25, 0.3) is 11.4 Å². The molecule has 0 aliphatic carbocycles. The standard InChI is InChI=1S/C21H19Cl2FN4O2/c22-15-5-3-13(4-6-15)20-26-19(30-27-20)12-28-9-1-2-14(11-28)21(29)25-16-7-8-18(24)17(23)10-16/h3-8,10,14H,1-2,9,11-12H2,(H,25,29). The molecule has 4 rings (SSSR count). The molecule has 3 aromatic rings. The summed E-state index contributed by atoms with van der Waals surface area (Å²) in [6.45, 7) is 1.87. The molecule has 1 amide bonds. The van der Waals surface area contributed by atoms with E-state index in [0.29, 0.717) is 35.5 Å². The summed E-state index contributed by atoms with van der Waals surface area (Å²) < 4.78 is 18.7. The Hall–Kier alpha value is -2.48. The zero-order valence-electron chi connectivity index (χ0n) is 15.9. The van der Waals surface area contributed by atoms with Gasteiger partial charge >= 0.3 is 0 Å². The Kier molecular flexibility index (Phi) is 6.32. The molecule has 1 saturated heterocycles. The van der Waals surface area contributed by atoms with Gasteiger partial charge in [-0.05, 0) is 61.9 Å². The Labute approximate surface area is 183 Å². The molecule has 0 radical (unpaired) electrons. The number of anilines is 1. The minimum absolute atomic E-state index is 0.0223. The number of amides is 1. The highest BCUT2D eigenvalue weighted by Crippen LogP contribution is 2.24. The normalized spacial score (nSPS) is 17.1. The van der Waals surface area contributed by atoms with Gasteiger partial charge in [-0.15, -0.1) is 0 Å². The van der Waals surface area contributed by atoms with Crippen LogP contribution in [0.3, 0.4) is 0 Å². The maximum Gasteiger partial charge on any atom is 0.241 e. The number of aromatic nitrogens is 2. The van der Waals surface area contributed by atoms with Crippen LogP contribution in [0.2, 0.25) is 10.0 Å². The van der Waals surface area contributed by atoms with E-state index < -0.39 is 5.82 Å². The number of hydrogen-bond donors (Lipinski definition) is 1. The Bertz CT molecular complexity index is 1040. The predicted molar refractivity (Wildman–Crippen MR) is 113 cm³/mol. The van der Waals surface area contributed by atoms with Crippen molar-refractivity contribution in [2.75, 3.05) is 18.4 Å². The molecule has 156 valence electrons. The average Bonchev–Trinajstić information content (AvgIpc) is 3.20. The highest BCUT2D eigenvalue weighted by atomic mass is 35.5. The first-order valence-electron chi connectivity index (χ1n) is 9.55. The van der Waals surface area contributed by atoms with Gasteiger partial charge in [-0.25, -0.2) is 4.39 Å². The molecule has 0 saturated carbocycles. The monoisotopic (exact) mass is 448 g/mol. The quantitative estimate of drug-likeness (QED) is 0.592. The number of likely N-dealkylation sites (tertiary alicyclic amines) is 1. The number of benzene rings is 2. The van der Waals surface area contributed by atoms with Gasteiger partial charge in [0.25, 0.3) is 0 Å². The van der Waals surface area contributed by atoms with E-state index >= 15 is 0 Å². The highest BCUT2D eigenvalue weighted by Gasteiger charge is 2.27. The molecular weight excluding hydrogens is 430 g/mol. The molecule has 30 heavy (non-hydrogen) atoms. The number of halogens is 3. The minimum Gasteiger partial charge on any atom is -0.338 e. The van der Waals surface area contributed by atoms with Gasteiger partial charge < -0.3 is 9.84 Å². The molecule has 0 bridgehead atoms. The molecule has 2 heterocycles. The van der Waals surface area contributed by atoms with Crippen LogP contribution in [-0.2, 0) is 11.3 Å². The lowest BCUT2D eigenvalue weighted by Crippen LogP contribution is -2.40. The Morgan fingerprint density at radius 2 is 2.03 bits per heavy atom. The number of hydrogen-bond acceptors (Lipinski definition) is 5. The van der Waals surface area contributed by atoms with E-state index in [-0.39, 0.29) is 16.8 Å². The van der Waals surface area contributed by atoms with E-state index in [1.807, 2.05) is 12.1 Å². The van der Waals surface area contributed by atoms with Crippen molar-refractivity contribution in [3.05, 3.63) is 64.2 Å². The summed E-state index contributed by atoms with van der Waals surface area (Å²) in [6, 6.07) is 11.4. The number of nitrogens with one attached hydrogen (secondary N) is 1. The third kappa shape index (κ3) is 4.98. The minimum atomic E-state index is -0.518. The van der Waals surface area contributed by atoms with Crippen LogP contribution in [0.15, 0.2) is 47.0 Å². The fourth-order valence-electron chi connectivity index (χ4n) is 3.46. The summed E-state index contributed by atoms with van der Waals surface area (Å²) in [5.41, 5.74) is 1.30. The number of carbonyl (C=O) groups excluding carboxylic acids is 1. The van der Waals surface area contributed by atoms with E-state index in [2.05, 4.69) is 20.4 Å². The Morgan fingerprint density at radius 1 is 1.23 bits per heavy atom. The van der Waals surface area contributed by atoms with Crippen molar-refractivity contribution in [2.24, 2.45) is 5.92 Å². The van der Waals surface area contributed by atoms with Gasteiger partial charge in [0.15, 0.2) is 0 Å². The molecule has 1 unspecified atom stereocenters. The fourth-order valence-corrected chi connectivity index (χ4v) is 3.76. The van der Waals surface area contributed by atoms with Crippen molar-refractivity contribution in [1.29, 1.82) is 0 Å². The van der Waals surface area contributed by atoms with Crippen LogP contribution in [0, 0.1) is 11.7 Å². The van der Waals surface area contributed by atoms with Gasteiger partial charge in [-0.1, -0.05) is 28.4 Å². The second-order valence-electron chi connectivity index (χ2n) is 7.21. The Morgan fingerprint density at radius 3 is 2.80 bits per heavy atom. The van der Waals surface area contributed by atoms with E-state index in [1.165, 1.54) is 18.2 Å². The van der Waals surface area contributed by atoms with E-state index in [0.717, 1.165) is 24.9 Å². The third-order valence-corrected chi connectivity index (χ3v) is 5.53. The van der Waals surface area contributed by atoms with Crippen molar-refractivity contribution in [3.63, 3.8) is 0 Å². The molecule has 1 aliphatic rings. The molecule has 6 nitrogen and oxygen atoms in total. The number of piperidine rings is 1. The largest absolute Gasteiger partial charge is 0.338 e. The molecular formula is C21H19Cl2FN4O2. The van der Waals surface area contributed by atoms with Gasteiger partial charge in [0.05, 0.1) is 17.5 Å². The predicted octanol–water partition coefficient (Wildman–Crippen LogP) is 5.03. The summed E-state index contributed by atoms with van der Waals surface area (Å²) in [6.07, 6.45) is 1.65. The van der Waals surface area contributed by atoms with Crippen LogP contribution in [0.1, 0.15) is 18.7 Å². The first-order valence-corrected chi connectivity index (χ1v) is 10.3. The number of rotatable bonds is 5. The summed E-state index contributed by atoms with van der Waals surface area (Å²) in [7, 11) is 0. The second-order valence-corrected chi connectivity index (χ2v) is 8.05. The Balaban J connectivity index is 1.36. The number of nitrogens with zero attached hydrogens (tertiary/aromatic N) is 3. The van der Waals surface area contributed by atoms with Gasteiger partial charge in [-0.2, -0.15) is 4.98 Å². The highest BCUT2D eigenvalue weighted by molar-refractivity contribution is 6.31. The lowest BCUT2D eigenvalue weighted by Gasteiger charge is -2.30. The van der Waals surface area contributed by atoms with Crippen molar-refractivity contribution in [3.8, 4) is 11.4 Å². The van der Waals surface area contributed by atoms with E-state index in [4.69, 9.17) is 27.7 Å². The summed E-state index contributed by atoms with van der Waals surface area (Å²) >= 11 is 11.7. The molecule has 1 aliphatic heterocycles. The zero-order chi connectivity index (χ0) is 21.1. The molecule has 1 atom stereocenters. The SMILES string of the molecule is O=C(Nc1ccc(F)c(Cl)c1)C1CCCN(Cc2nc(-c3ccc(Cl)cc3)no2)C1. The first-order chi connectivity index (χ1) is 14.5. The maximum atomic E-state index is 13.3. The van der Waals surface area contributed by atoms with Gasteiger partial charge in [0.2, 0.25) is 17.6 Å². The molecule has 1 N–H and O–H groups in total. The van der Waals surface area contributed by atoms with E-state index in [9.17, 15) is 9.18 Å². The fraction of sp³-hybridized carbons (Fsp3) is 0.286. The second kappa shape index (κ2) is 9.12. The first kappa shape index (κ1) is 20.8. The van der Waals surface area contributed by atoms with Crippen LogP contribution in [-0.4, -0.2) is 34.0 Å². The number of carbonyl (C=O) groups is 1. The van der Waals surface area contributed by atoms with Crippen LogP contribution in [0.4, 0.5) is 10.1 Å². The van der Waals surface area contributed by atoms with Crippen molar-refractivity contribution >= 4 is 34.8 Å². The van der Waals surface area contributed by atoms with Crippen LogP contribution in [0.5, 0.6) is 0 Å². The van der Waals surface area contributed by atoms with Crippen LogP contribution < -0.4 is 5.32 Å². The summed E-state index contributed by atoms with van der Waals surface area (Å²) in [5, 5.41) is 7.46. The van der Waals surface area contributed by atoms with Gasteiger partial charge in [0.1, 0.15) is 5.82 Å². The average molecular weight is 449 g/mol. The molecule has 0 spiro atoms. The smallest absolute Gasteiger partial charge is 0.241 e.